The van der Waals surface area contributed by atoms with E-state index in [1.807, 2.05) is 9.47 Å². The molecule has 10 heteroatoms. The average molecular weight is 441 g/mol. The second-order valence-corrected chi connectivity index (χ2v) is 7.70. The number of aromatic nitrogens is 3. The van der Waals surface area contributed by atoms with Gasteiger partial charge in [0.2, 0.25) is 5.82 Å². The van der Waals surface area contributed by atoms with Gasteiger partial charge in [0.25, 0.3) is 12.4 Å². The summed E-state index contributed by atoms with van der Waals surface area (Å²) in [6, 6.07) is 7.23. The first-order chi connectivity index (χ1) is 15.6. The normalized spacial score (nSPS) is 17.2. The third-order valence-corrected chi connectivity index (χ3v) is 5.62. The highest BCUT2D eigenvalue weighted by Crippen LogP contribution is 2.29. The van der Waals surface area contributed by atoms with Crippen LogP contribution >= 0.6 is 0 Å². The van der Waals surface area contributed by atoms with E-state index >= 15 is 0 Å². The molecule has 32 heavy (non-hydrogen) atoms. The lowest BCUT2D eigenvalue weighted by atomic mass is 9.99. The molecule has 170 valence electrons. The number of benzene rings is 1. The van der Waals surface area contributed by atoms with E-state index in [1.165, 1.54) is 0 Å². The molecule has 4 rings (SSSR count). The Morgan fingerprint density at radius 3 is 2.84 bits per heavy atom. The number of fused-ring (bicyclic) bond motifs is 1. The van der Waals surface area contributed by atoms with Crippen LogP contribution in [-0.4, -0.2) is 64.0 Å². The molecule has 1 aromatic carbocycles. The number of likely N-dealkylation sites (tertiary alicyclic amines) is 1. The minimum atomic E-state index is -0.250. The number of nitriles is 1. The van der Waals surface area contributed by atoms with E-state index in [2.05, 4.69) is 16.3 Å². The number of nitrogens with zero attached hydrogens (tertiary/aromatic N) is 5. The monoisotopic (exact) mass is 441 g/mol. The Labute approximate surface area is 186 Å². The number of carbonyl (C=O) groups is 2. The maximum atomic E-state index is 13.0. The summed E-state index contributed by atoms with van der Waals surface area (Å²) in [7, 11) is 1.56. The number of rotatable bonds is 5. The van der Waals surface area contributed by atoms with Crippen LogP contribution in [0, 0.1) is 17.2 Å². The lowest BCUT2D eigenvalue weighted by Gasteiger charge is -2.32. The van der Waals surface area contributed by atoms with Gasteiger partial charge in [-0.25, -0.2) is 0 Å². The summed E-state index contributed by atoms with van der Waals surface area (Å²) in [6.07, 6.45) is 5.00. The maximum absolute atomic E-state index is 13.0. The van der Waals surface area contributed by atoms with Crippen molar-refractivity contribution in [1.29, 1.82) is 5.26 Å². The first kappa shape index (κ1) is 23.1. The molecule has 0 saturated carbocycles. The highest BCUT2D eigenvalue weighted by Gasteiger charge is 2.29. The molecule has 3 heterocycles. The lowest BCUT2D eigenvalue weighted by molar-refractivity contribution is -0.122. The second kappa shape index (κ2) is 11.1. The molecular formula is C22H27N5O5. The second-order valence-electron chi connectivity index (χ2n) is 7.70. The fourth-order valence-electron chi connectivity index (χ4n) is 4.06. The van der Waals surface area contributed by atoms with Crippen molar-refractivity contribution in [3.63, 3.8) is 0 Å². The molecule has 0 aliphatic carbocycles. The lowest BCUT2D eigenvalue weighted by Crippen LogP contribution is -2.42. The molecule has 2 aliphatic heterocycles. The number of hydrogen-bond acceptors (Lipinski definition) is 7. The van der Waals surface area contributed by atoms with Crippen LogP contribution in [0.25, 0.3) is 0 Å². The van der Waals surface area contributed by atoms with Gasteiger partial charge in [-0.3, -0.25) is 9.59 Å². The van der Waals surface area contributed by atoms with E-state index in [0.717, 1.165) is 51.0 Å². The number of ether oxygens (including phenoxy) is 2. The minimum absolute atomic E-state index is 0.0358. The smallest absolute Gasteiger partial charge is 0.291 e. The number of carboxylic acid groups (broad SMARTS) is 1. The summed E-state index contributed by atoms with van der Waals surface area (Å²) in [5.41, 5.74) is 0.528. The highest BCUT2D eigenvalue weighted by molar-refractivity contribution is 5.90. The van der Waals surface area contributed by atoms with Gasteiger partial charge in [-0.1, -0.05) is 0 Å². The van der Waals surface area contributed by atoms with Gasteiger partial charge in [-0.05, 0) is 37.8 Å². The van der Waals surface area contributed by atoms with Crippen molar-refractivity contribution in [2.24, 2.45) is 5.92 Å². The fraction of sp³-hybridized carbons (Fsp3) is 0.500. The number of methoxy groups -OCH3 is 1. The van der Waals surface area contributed by atoms with E-state index in [4.69, 9.17) is 24.6 Å². The average Bonchev–Trinajstić information content (AvgIpc) is 3.27. The summed E-state index contributed by atoms with van der Waals surface area (Å²) in [5.74, 6) is 2.74. The molecule has 0 radical (unpaired) electrons. The Bertz CT molecular complexity index is 984. The summed E-state index contributed by atoms with van der Waals surface area (Å²) >= 11 is 0. The molecule has 1 unspecified atom stereocenters. The standard InChI is InChI=1S/C21H25N5O3.CH2O2/c1-28-18-11-15(12-22)7-8-17(18)29-14-16-5-4-9-25(13-16)21(27)20-24-23-19-6-2-3-10-26(19)20;2-1-3/h7-8,11,16H,2-6,9-10,13-14H2,1H3;1H,(H,2,3). The van der Waals surface area contributed by atoms with Crippen LogP contribution in [0.4, 0.5) is 0 Å². The Hall–Kier alpha value is -3.61. The number of aryl methyl sites for hydroxylation is 1. The first-order valence-electron chi connectivity index (χ1n) is 10.6. The van der Waals surface area contributed by atoms with Crippen molar-refractivity contribution in [1.82, 2.24) is 19.7 Å². The van der Waals surface area contributed by atoms with Crippen LogP contribution in [0.1, 0.15) is 47.7 Å². The first-order valence-corrected chi connectivity index (χ1v) is 10.6. The zero-order valence-electron chi connectivity index (χ0n) is 18.1. The summed E-state index contributed by atoms with van der Waals surface area (Å²) < 4.78 is 13.3. The topological polar surface area (TPSA) is 131 Å². The van der Waals surface area contributed by atoms with E-state index in [-0.39, 0.29) is 18.3 Å². The number of carbonyl (C=O) groups excluding carboxylic acids is 1. The Balaban J connectivity index is 0.000000913. The van der Waals surface area contributed by atoms with Crippen molar-refractivity contribution < 1.29 is 24.2 Å². The highest BCUT2D eigenvalue weighted by atomic mass is 16.5. The zero-order valence-corrected chi connectivity index (χ0v) is 18.1. The van der Waals surface area contributed by atoms with Crippen molar-refractivity contribution in [3.05, 3.63) is 35.4 Å². The van der Waals surface area contributed by atoms with Crippen molar-refractivity contribution in [2.75, 3.05) is 26.8 Å². The van der Waals surface area contributed by atoms with E-state index in [9.17, 15) is 4.79 Å². The molecule has 1 N–H and O–H groups in total. The van der Waals surface area contributed by atoms with Crippen LogP contribution < -0.4 is 9.47 Å². The number of piperidine rings is 1. The SMILES string of the molecule is COc1cc(C#N)ccc1OCC1CCCN(C(=O)c2nnc3n2CCCC3)C1.O=CO. The van der Waals surface area contributed by atoms with E-state index in [0.29, 0.717) is 36.0 Å². The van der Waals surface area contributed by atoms with Crippen LogP contribution in [0.15, 0.2) is 18.2 Å². The third-order valence-electron chi connectivity index (χ3n) is 5.62. The Morgan fingerprint density at radius 1 is 1.28 bits per heavy atom. The van der Waals surface area contributed by atoms with Gasteiger partial charge < -0.3 is 24.0 Å². The molecule has 0 spiro atoms. The van der Waals surface area contributed by atoms with Crippen molar-refractivity contribution >= 4 is 12.4 Å². The molecule has 1 atom stereocenters. The predicted molar refractivity (Wildman–Crippen MR) is 113 cm³/mol. The van der Waals surface area contributed by atoms with Crippen molar-refractivity contribution in [2.45, 2.75) is 38.6 Å². The Kier molecular flexibility index (Phi) is 8.02. The van der Waals surface area contributed by atoms with Crippen LogP contribution in [0.3, 0.4) is 0 Å². The number of hydrogen-bond donors (Lipinski definition) is 1. The van der Waals surface area contributed by atoms with Crippen LogP contribution in [0.2, 0.25) is 0 Å². The Morgan fingerprint density at radius 2 is 2.09 bits per heavy atom. The van der Waals surface area contributed by atoms with Crippen molar-refractivity contribution in [3.8, 4) is 17.6 Å². The molecule has 2 aliphatic rings. The molecule has 1 aromatic heterocycles. The minimum Gasteiger partial charge on any atom is -0.493 e. The largest absolute Gasteiger partial charge is 0.493 e. The van der Waals surface area contributed by atoms with E-state index in [1.54, 1.807) is 25.3 Å². The molecule has 1 saturated heterocycles. The third kappa shape index (κ3) is 5.35. The molecule has 10 nitrogen and oxygen atoms in total. The van der Waals surface area contributed by atoms with E-state index < -0.39 is 0 Å². The van der Waals surface area contributed by atoms with Gasteiger partial charge in [0, 0.05) is 38.0 Å². The summed E-state index contributed by atoms with van der Waals surface area (Å²) in [5, 5.41) is 24.3. The van der Waals surface area contributed by atoms with Gasteiger partial charge in [-0.15, -0.1) is 10.2 Å². The fourth-order valence-corrected chi connectivity index (χ4v) is 4.06. The molecule has 2 aromatic rings. The van der Waals surface area contributed by atoms with Crippen LogP contribution in [0.5, 0.6) is 11.5 Å². The van der Waals surface area contributed by atoms with Gasteiger partial charge in [-0.2, -0.15) is 5.26 Å². The zero-order chi connectivity index (χ0) is 22.9. The van der Waals surface area contributed by atoms with Gasteiger partial charge in [0.05, 0.1) is 25.3 Å². The van der Waals surface area contributed by atoms with Gasteiger partial charge in [0.15, 0.2) is 11.5 Å². The maximum Gasteiger partial charge on any atom is 0.291 e. The molecular weight excluding hydrogens is 414 g/mol. The number of amides is 1. The quantitative estimate of drug-likeness (QED) is 0.698. The van der Waals surface area contributed by atoms with Gasteiger partial charge >= 0.3 is 0 Å². The van der Waals surface area contributed by atoms with Crippen LogP contribution in [-0.2, 0) is 17.8 Å². The summed E-state index contributed by atoms with van der Waals surface area (Å²) in [6.45, 7) is 2.43. The molecule has 1 amide bonds. The molecule has 0 bridgehead atoms. The van der Waals surface area contributed by atoms with Gasteiger partial charge in [0.1, 0.15) is 5.82 Å². The summed E-state index contributed by atoms with van der Waals surface area (Å²) in [4.78, 5) is 23.3. The predicted octanol–water partition coefficient (Wildman–Crippen LogP) is 2.13. The molecule has 1 fully saturated rings.